The average molecular weight is 356 g/mol. The van der Waals surface area contributed by atoms with Crippen LogP contribution in [0, 0.1) is 0 Å². The third kappa shape index (κ3) is 12.2. The molecule has 0 spiro atoms. The predicted octanol–water partition coefficient (Wildman–Crippen LogP) is 2.04. The molecule has 0 fully saturated rings. The average Bonchev–Trinajstić information content (AvgIpc) is 2.22. The first-order valence-corrected chi connectivity index (χ1v) is 6.38. The molecular formula is C12H29IN4. The number of guanidine groups is 1. The highest BCUT2D eigenvalue weighted by atomic mass is 127. The van der Waals surface area contributed by atoms with Crippen molar-refractivity contribution in [1.29, 1.82) is 0 Å². The maximum absolute atomic E-state index is 5.70. The number of nitrogens with zero attached hydrogens (tertiary/aromatic N) is 2. The van der Waals surface area contributed by atoms with Gasteiger partial charge in [-0.15, -0.1) is 24.0 Å². The van der Waals surface area contributed by atoms with E-state index >= 15 is 0 Å². The molecule has 0 aliphatic carbocycles. The third-order valence-electron chi connectivity index (χ3n) is 2.50. The van der Waals surface area contributed by atoms with Gasteiger partial charge in [0, 0.05) is 12.6 Å². The standard InChI is InChI=1S/C12H28N4.HI/c1-5-16(6-2)10-8-7-9-14-12(13)15-11(3)4;/h11H,5-10H2,1-4H3,(H3,13,14,15);1H. The van der Waals surface area contributed by atoms with Crippen LogP contribution in [-0.2, 0) is 0 Å². The van der Waals surface area contributed by atoms with Gasteiger partial charge in [-0.2, -0.15) is 0 Å². The number of hydrogen-bond donors (Lipinski definition) is 2. The van der Waals surface area contributed by atoms with Gasteiger partial charge < -0.3 is 16.0 Å². The summed E-state index contributed by atoms with van der Waals surface area (Å²) < 4.78 is 0. The van der Waals surface area contributed by atoms with E-state index in [4.69, 9.17) is 5.73 Å². The van der Waals surface area contributed by atoms with E-state index in [1.807, 2.05) is 0 Å². The zero-order chi connectivity index (χ0) is 12.4. The second kappa shape index (κ2) is 12.4. The molecule has 17 heavy (non-hydrogen) atoms. The van der Waals surface area contributed by atoms with Gasteiger partial charge in [-0.25, -0.2) is 0 Å². The maximum atomic E-state index is 5.70. The second-order valence-electron chi connectivity index (χ2n) is 4.30. The Morgan fingerprint density at radius 3 is 2.29 bits per heavy atom. The number of nitrogens with two attached hydrogens (primary N) is 1. The molecule has 0 aromatic carbocycles. The molecule has 0 aromatic rings. The molecule has 4 nitrogen and oxygen atoms in total. The molecule has 0 rings (SSSR count). The lowest BCUT2D eigenvalue weighted by atomic mass is 10.3. The van der Waals surface area contributed by atoms with Crippen molar-refractivity contribution in [3.05, 3.63) is 0 Å². The summed E-state index contributed by atoms with van der Waals surface area (Å²) in [6.45, 7) is 12.8. The van der Waals surface area contributed by atoms with Gasteiger partial charge >= 0.3 is 0 Å². The monoisotopic (exact) mass is 356 g/mol. The zero-order valence-corrected chi connectivity index (χ0v) is 14.0. The Hall–Kier alpha value is -0.0400. The number of aliphatic imine (C=N–C) groups is 1. The number of nitrogens with one attached hydrogen (secondary N) is 1. The molecule has 104 valence electrons. The molecule has 0 aliphatic heterocycles. The lowest BCUT2D eigenvalue weighted by Crippen LogP contribution is -2.36. The van der Waals surface area contributed by atoms with Gasteiger partial charge in [0.2, 0.25) is 0 Å². The van der Waals surface area contributed by atoms with Crippen molar-refractivity contribution in [2.75, 3.05) is 26.2 Å². The lowest BCUT2D eigenvalue weighted by Gasteiger charge is -2.17. The van der Waals surface area contributed by atoms with Crippen molar-refractivity contribution in [3.8, 4) is 0 Å². The van der Waals surface area contributed by atoms with E-state index in [0.29, 0.717) is 12.0 Å². The molecule has 0 aromatic heterocycles. The Bertz CT molecular complexity index is 191. The summed E-state index contributed by atoms with van der Waals surface area (Å²) in [5, 5.41) is 3.08. The fourth-order valence-corrected chi connectivity index (χ4v) is 1.53. The maximum Gasteiger partial charge on any atom is 0.188 e. The number of rotatable bonds is 8. The van der Waals surface area contributed by atoms with E-state index in [2.05, 4.69) is 42.9 Å². The van der Waals surface area contributed by atoms with Crippen molar-refractivity contribution in [3.63, 3.8) is 0 Å². The first-order chi connectivity index (χ1) is 7.60. The molecule has 0 bridgehead atoms. The number of unbranched alkanes of at least 4 members (excludes halogenated alkanes) is 1. The first kappa shape index (κ1) is 19.3. The van der Waals surface area contributed by atoms with Crippen molar-refractivity contribution in [2.24, 2.45) is 10.7 Å². The Balaban J connectivity index is 0. The van der Waals surface area contributed by atoms with Gasteiger partial charge in [0.05, 0.1) is 0 Å². The molecule has 0 aliphatic rings. The summed E-state index contributed by atoms with van der Waals surface area (Å²) in [5.41, 5.74) is 5.70. The van der Waals surface area contributed by atoms with Gasteiger partial charge in [0.15, 0.2) is 5.96 Å². The highest BCUT2D eigenvalue weighted by Crippen LogP contribution is 1.95. The normalized spacial score (nSPS) is 11.8. The molecule has 0 amide bonds. The Kier molecular flexibility index (Phi) is 14.1. The molecule has 0 atom stereocenters. The van der Waals surface area contributed by atoms with Crippen molar-refractivity contribution >= 4 is 29.9 Å². The smallest absolute Gasteiger partial charge is 0.188 e. The molecule has 0 unspecified atom stereocenters. The fourth-order valence-electron chi connectivity index (χ4n) is 1.53. The molecule has 0 radical (unpaired) electrons. The van der Waals surface area contributed by atoms with Crippen LogP contribution in [0.5, 0.6) is 0 Å². The minimum absolute atomic E-state index is 0. The Morgan fingerprint density at radius 1 is 1.24 bits per heavy atom. The topological polar surface area (TPSA) is 53.6 Å². The summed E-state index contributed by atoms with van der Waals surface area (Å²) >= 11 is 0. The summed E-state index contributed by atoms with van der Waals surface area (Å²) in [6.07, 6.45) is 2.30. The minimum Gasteiger partial charge on any atom is -0.370 e. The number of hydrogen-bond acceptors (Lipinski definition) is 2. The van der Waals surface area contributed by atoms with Gasteiger partial charge in [-0.3, -0.25) is 4.99 Å². The minimum atomic E-state index is 0. The summed E-state index contributed by atoms with van der Waals surface area (Å²) in [6, 6.07) is 0.361. The van der Waals surface area contributed by atoms with Crippen LogP contribution in [0.2, 0.25) is 0 Å². The molecule has 3 N–H and O–H groups in total. The lowest BCUT2D eigenvalue weighted by molar-refractivity contribution is 0.297. The van der Waals surface area contributed by atoms with E-state index in [-0.39, 0.29) is 24.0 Å². The zero-order valence-electron chi connectivity index (χ0n) is 11.7. The first-order valence-electron chi connectivity index (χ1n) is 6.38. The van der Waals surface area contributed by atoms with Gasteiger partial charge in [0.25, 0.3) is 0 Å². The van der Waals surface area contributed by atoms with Crippen LogP contribution in [0.25, 0.3) is 0 Å². The van der Waals surface area contributed by atoms with Crippen LogP contribution in [0.1, 0.15) is 40.5 Å². The van der Waals surface area contributed by atoms with E-state index < -0.39 is 0 Å². The fraction of sp³-hybridized carbons (Fsp3) is 0.917. The largest absolute Gasteiger partial charge is 0.370 e. The predicted molar refractivity (Wildman–Crippen MR) is 87.2 cm³/mol. The van der Waals surface area contributed by atoms with E-state index in [1.165, 1.54) is 13.0 Å². The van der Waals surface area contributed by atoms with Crippen LogP contribution in [0.4, 0.5) is 0 Å². The summed E-state index contributed by atoms with van der Waals surface area (Å²) in [5.74, 6) is 0.567. The Morgan fingerprint density at radius 2 is 1.82 bits per heavy atom. The van der Waals surface area contributed by atoms with Crippen molar-refractivity contribution in [1.82, 2.24) is 10.2 Å². The van der Waals surface area contributed by atoms with Gasteiger partial charge in [0.1, 0.15) is 0 Å². The molecule has 0 saturated carbocycles. The Labute approximate surface area is 123 Å². The van der Waals surface area contributed by atoms with Crippen LogP contribution in [0.15, 0.2) is 4.99 Å². The van der Waals surface area contributed by atoms with Crippen LogP contribution in [-0.4, -0.2) is 43.1 Å². The highest BCUT2D eigenvalue weighted by Gasteiger charge is 1.98. The summed E-state index contributed by atoms with van der Waals surface area (Å²) in [7, 11) is 0. The van der Waals surface area contributed by atoms with E-state index in [0.717, 1.165) is 26.1 Å². The quantitative estimate of drug-likeness (QED) is 0.303. The number of halogens is 1. The van der Waals surface area contributed by atoms with Gasteiger partial charge in [-0.1, -0.05) is 13.8 Å². The van der Waals surface area contributed by atoms with Gasteiger partial charge in [-0.05, 0) is 46.3 Å². The SMILES string of the molecule is CCN(CC)CCCCN=C(N)NC(C)C.I. The third-order valence-corrected chi connectivity index (χ3v) is 2.50. The second-order valence-corrected chi connectivity index (χ2v) is 4.30. The van der Waals surface area contributed by atoms with Crippen LogP contribution >= 0.6 is 24.0 Å². The molecule has 0 saturated heterocycles. The molecular weight excluding hydrogens is 327 g/mol. The van der Waals surface area contributed by atoms with Crippen LogP contribution in [0.3, 0.4) is 0 Å². The molecule has 0 heterocycles. The molecule has 5 heteroatoms. The van der Waals surface area contributed by atoms with E-state index in [1.54, 1.807) is 0 Å². The van der Waals surface area contributed by atoms with Crippen molar-refractivity contribution in [2.45, 2.75) is 46.6 Å². The van der Waals surface area contributed by atoms with E-state index in [9.17, 15) is 0 Å². The summed E-state index contributed by atoms with van der Waals surface area (Å²) in [4.78, 5) is 6.71. The van der Waals surface area contributed by atoms with Crippen LogP contribution < -0.4 is 11.1 Å². The van der Waals surface area contributed by atoms with Crippen molar-refractivity contribution < 1.29 is 0 Å². The highest BCUT2D eigenvalue weighted by molar-refractivity contribution is 14.0.